The summed E-state index contributed by atoms with van der Waals surface area (Å²) in [5.74, 6) is -1.12. The van der Waals surface area contributed by atoms with Gasteiger partial charge < -0.3 is 24.5 Å². The predicted molar refractivity (Wildman–Crippen MR) is 186 cm³/mol. The van der Waals surface area contributed by atoms with Gasteiger partial charge in [-0.15, -0.1) is 30.0 Å². The second-order valence-corrected chi connectivity index (χ2v) is 14.8. The number of anilines is 1. The molecule has 2 unspecified atom stereocenters. The largest absolute Gasteiger partial charge is 0.494 e. The molecule has 0 aliphatic carbocycles. The van der Waals surface area contributed by atoms with Crippen molar-refractivity contribution in [3.63, 3.8) is 0 Å². The van der Waals surface area contributed by atoms with Crippen LogP contribution in [0.5, 0.6) is 5.75 Å². The molecule has 3 saturated heterocycles. The molecule has 0 radical (unpaired) electrons. The first-order chi connectivity index (χ1) is 23.2. The van der Waals surface area contributed by atoms with Crippen LogP contribution in [0.2, 0.25) is 0 Å². The molecule has 4 heterocycles. The molecule has 3 fully saturated rings. The Morgan fingerprint density at radius 1 is 1.08 bits per heavy atom. The number of aliphatic hydroxyl groups excluding tert-OH is 1. The molecule has 3 aliphatic rings. The standard InChI is InChI=1S/C36H44N6O5S/c1-5-20-39(24-42-28-13-9-8-12-27(28)37-38-42)34(46)31-36-19-18-35(4,48-36)29(30(36)33(45)41(31)22-10-11-23-43)32(44)40(21-6-2)25-14-16-26(17-15-25)47-7-3/h5-6,8-9,12-17,29-31,43H,1-2,7,10-11,18-24H2,3-4H3/t29-,30+,31?,35+,36?/m1/s1. The zero-order valence-electron chi connectivity index (χ0n) is 27.7. The normalized spacial score (nSPS) is 25.7. The minimum Gasteiger partial charge on any atom is -0.494 e. The molecule has 1 spiro atoms. The van der Waals surface area contributed by atoms with Gasteiger partial charge in [-0.05, 0) is 75.9 Å². The van der Waals surface area contributed by atoms with Crippen molar-refractivity contribution in [1.82, 2.24) is 24.8 Å². The number of aliphatic hydroxyl groups is 1. The number of benzene rings is 2. The lowest BCUT2D eigenvalue weighted by Crippen LogP contribution is -2.55. The first-order valence-corrected chi connectivity index (χ1v) is 17.5. The highest BCUT2D eigenvalue weighted by Gasteiger charge is 2.77. The molecule has 1 N–H and O–H groups in total. The smallest absolute Gasteiger partial charge is 0.248 e. The van der Waals surface area contributed by atoms with Gasteiger partial charge in [0.1, 0.15) is 24.0 Å². The molecular formula is C36H44N6O5S. The summed E-state index contributed by atoms with van der Waals surface area (Å²) in [5, 5.41) is 18.2. The Morgan fingerprint density at radius 3 is 2.54 bits per heavy atom. The molecule has 3 aliphatic heterocycles. The van der Waals surface area contributed by atoms with Crippen LogP contribution in [0.3, 0.4) is 0 Å². The first kappa shape index (κ1) is 33.7. The highest BCUT2D eigenvalue weighted by atomic mass is 32.2. The van der Waals surface area contributed by atoms with Crippen molar-refractivity contribution in [2.75, 3.05) is 37.7 Å². The van der Waals surface area contributed by atoms with E-state index in [0.717, 1.165) is 11.0 Å². The number of para-hydroxylation sites is 1. The predicted octanol–water partition coefficient (Wildman–Crippen LogP) is 4.28. The monoisotopic (exact) mass is 672 g/mol. The first-order valence-electron chi connectivity index (χ1n) is 16.7. The van der Waals surface area contributed by atoms with E-state index in [0.29, 0.717) is 50.3 Å². The van der Waals surface area contributed by atoms with Crippen LogP contribution in [0.1, 0.15) is 39.5 Å². The third-order valence-electron chi connectivity index (χ3n) is 10.0. The highest BCUT2D eigenvalue weighted by molar-refractivity contribution is 8.02. The van der Waals surface area contributed by atoms with Crippen LogP contribution in [0.25, 0.3) is 11.0 Å². The van der Waals surface area contributed by atoms with Crippen LogP contribution >= 0.6 is 11.8 Å². The van der Waals surface area contributed by atoms with E-state index in [1.165, 1.54) is 0 Å². The fourth-order valence-corrected chi connectivity index (χ4v) is 10.3. The van der Waals surface area contributed by atoms with Crippen molar-refractivity contribution in [2.45, 2.75) is 61.7 Å². The Morgan fingerprint density at radius 2 is 1.83 bits per heavy atom. The van der Waals surface area contributed by atoms with E-state index in [4.69, 9.17) is 4.74 Å². The van der Waals surface area contributed by atoms with Crippen molar-refractivity contribution in [1.29, 1.82) is 0 Å². The van der Waals surface area contributed by atoms with Gasteiger partial charge in [-0.25, -0.2) is 4.68 Å². The van der Waals surface area contributed by atoms with Gasteiger partial charge in [0.25, 0.3) is 0 Å². The maximum Gasteiger partial charge on any atom is 0.248 e. The van der Waals surface area contributed by atoms with Crippen LogP contribution in [-0.4, -0.2) is 96.0 Å². The number of ether oxygens (including phenoxy) is 1. The molecule has 0 saturated carbocycles. The van der Waals surface area contributed by atoms with Crippen LogP contribution in [0.4, 0.5) is 5.69 Å². The summed E-state index contributed by atoms with van der Waals surface area (Å²) in [5.41, 5.74) is 2.22. The van der Waals surface area contributed by atoms with Crippen molar-refractivity contribution >= 4 is 46.2 Å². The van der Waals surface area contributed by atoms with Crippen molar-refractivity contribution in [2.24, 2.45) is 11.8 Å². The highest BCUT2D eigenvalue weighted by Crippen LogP contribution is 2.71. The number of nitrogens with zero attached hydrogens (tertiary/aromatic N) is 6. The Balaban J connectivity index is 1.37. The summed E-state index contributed by atoms with van der Waals surface area (Å²) in [6, 6.07) is 14.2. The number of fused-ring (bicyclic) bond motifs is 2. The molecule has 3 aromatic rings. The Labute approximate surface area is 285 Å². The summed E-state index contributed by atoms with van der Waals surface area (Å²) in [6.07, 6.45) is 5.75. The third-order valence-corrected chi connectivity index (χ3v) is 12.0. The maximum atomic E-state index is 14.9. The van der Waals surface area contributed by atoms with Crippen LogP contribution in [0, 0.1) is 11.8 Å². The average Bonchev–Trinajstić information content (AvgIpc) is 3.79. The van der Waals surface area contributed by atoms with E-state index in [9.17, 15) is 19.5 Å². The van der Waals surface area contributed by atoms with Crippen LogP contribution in [0.15, 0.2) is 73.8 Å². The number of aromatic nitrogens is 3. The Hall–Kier alpha value is -4.16. The SMILES string of the molecule is C=CCN(Cn1nnc2ccccc21)C(=O)C1N(CCCCO)C(=O)[C@@H]2[C@H](C(=O)N(CC=C)c3ccc(OCC)cc3)[C@]3(C)CCC12S3. The Bertz CT molecular complexity index is 1700. The minimum atomic E-state index is -0.787. The van der Waals surface area contributed by atoms with Gasteiger partial charge in [0.15, 0.2) is 0 Å². The average molecular weight is 673 g/mol. The summed E-state index contributed by atoms with van der Waals surface area (Å²) in [7, 11) is 0. The number of unbranched alkanes of at least 4 members (excludes halogenated alkanes) is 1. The van der Waals surface area contributed by atoms with E-state index in [2.05, 4.69) is 30.4 Å². The molecule has 12 heteroatoms. The number of likely N-dealkylation sites (tertiary alicyclic amines) is 1. The molecule has 2 aromatic carbocycles. The summed E-state index contributed by atoms with van der Waals surface area (Å²) >= 11 is 1.64. The molecular weight excluding hydrogens is 629 g/mol. The van der Waals surface area contributed by atoms with E-state index in [-0.39, 0.29) is 44.1 Å². The van der Waals surface area contributed by atoms with E-state index >= 15 is 0 Å². The summed E-state index contributed by atoms with van der Waals surface area (Å²) in [4.78, 5) is 49.4. The number of carbonyl (C=O) groups is 3. The van der Waals surface area contributed by atoms with Gasteiger partial charge in [0.05, 0.1) is 28.7 Å². The van der Waals surface area contributed by atoms with Crippen LogP contribution < -0.4 is 9.64 Å². The van der Waals surface area contributed by atoms with Crippen molar-refractivity contribution in [3.05, 3.63) is 73.8 Å². The fraction of sp³-hybridized carbons (Fsp3) is 0.472. The summed E-state index contributed by atoms with van der Waals surface area (Å²) < 4.78 is 5.99. The number of carbonyl (C=O) groups excluding carboxylic acids is 3. The number of rotatable bonds is 15. The minimum absolute atomic E-state index is 0.0102. The van der Waals surface area contributed by atoms with Gasteiger partial charge in [-0.2, -0.15) is 0 Å². The van der Waals surface area contributed by atoms with Gasteiger partial charge in [-0.1, -0.05) is 29.5 Å². The second kappa shape index (κ2) is 13.8. The molecule has 3 amide bonds. The number of hydrogen-bond donors (Lipinski definition) is 1. The van der Waals surface area contributed by atoms with Crippen LogP contribution in [-0.2, 0) is 21.1 Å². The second-order valence-electron chi connectivity index (χ2n) is 12.9. The van der Waals surface area contributed by atoms with Gasteiger partial charge >= 0.3 is 0 Å². The van der Waals surface area contributed by atoms with Gasteiger partial charge in [0.2, 0.25) is 17.7 Å². The topological polar surface area (TPSA) is 121 Å². The fourth-order valence-electron chi connectivity index (χ4n) is 7.95. The number of hydrogen-bond acceptors (Lipinski definition) is 8. The van der Waals surface area contributed by atoms with E-state index in [1.807, 2.05) is 55.5 Å². The molecule has 2 bridgehead atoms. The molecule has 11 nitrogen and oxygen atoms in total. The number of amides is 3. The van der Waals surface area contributed by atoms with E-state index < -0.39 is 27.4 Å². The molecule has 254 valence electrons. The lowest BCUT2D eigenvalue weighted by Gasteiger charge is -2.38. The lowest BCUT2D eigenvalue weighted by molar-refractivity contribution is -0.143. The van der Waals surface area contributed by atoms with Gasteiger partial charge in [-0.3, -0.25) is 14.4 Å². The van der Waals surface area contributed by atoms with Gasteiger partial charge in [0, 0.05) is 36.7 Å². The van der Waals surface area contributed by atoms with E-state index in [1.54, 1.807) is 43.3 Å². The third kappa shape index (κ3) is 5.68. The summed E-state index contributed by atoms with van der Waals surface area (Å²) in [6.45, 7) is 13.3. The Kier molecular flexibility index (Phi) is 9.67. The number of thioether (sulfide) groups is 1. The zero-order chi connectivity index (χ0) is 34.1. The molecule has 6 rings (SSSR count). The molecule has 48 heavy (non-hydrogen) atoms. The molecule has 5 atom stereocenters. The molecule has 1 aromatic heterocycles. The van der Waals surface area contributed by atoms with Crippen molar-refractivity contribution < 1.29 is 24.2 Å². The maximum absolute atomic E-state index is 14.9. The van der Waals surface area contributed by atoms with Crippen molar-refractivity contribution in [3.8, 4) is 5.75 Å². The quantitative estimate of drug-likeness (QED) is 0.188. The lowest BCUT2D eigenvalue weighted by atomic mass is 9.66. The zero-order valence-corrected chi connectivity index (χ0v) is 28.5.